The van der Waals surface area contributed by atoms with Crippen molar-refractivity contribution in [2.45, 2.75) is 45.2 Å². The fraction of sp³-hybridized carbons (Fsp3) is 0.643. The van der Waals surface area contributed by atoms with Gasteiger partial charge in [-0.15, -0.1) is 0 Å². The molecule has 0 saturated carbocycles. The first-order valence-corrected chi connectivity index (χ1v) is 6.52. The Morgan fingerprint density at radius 1 is 1.47 bits per heavy atom. The molecule has 1 aliphatic rings. The summed E-state index contributed by atoms with van der Waals surface area (Å²) < 4.78 is 1.93. The van der Waals surface area contributed by atoms with E-state index in [9.17, 15) is 4.79 Å². The third kappa shape index (κ3) is 2.60. The van der Waals surface area contributed by atoms with E-state index in [0.717, 1.165) is 12.0 Å². The number of carbonyl (C=O) groups excluding carboxylic acids is 1. The van der Waals surface area contributed by atoms with Gasteiger partial charge in [0, 0.05) is 37.1 Å². The number of likely N-dealkylation sites (tertiary alicyclic amines) is 1. The fourth-order valence-electron chi connectivity index (χ4n) is 2.77. The smallest absolute Gasteiger partial charge is 0.178 e. The lowest BCUT2D eigenvalue weighted by atomic mass is 10.1. The quantitative estimate of drug-likeness (QED) is 0.748. The Balaban J connectivity index is 2.02. The van der Waals surface area contributed by atoms with Gasteiger partial charge in [-0.05, 0) is 32.3 Å². The second kappa shape index (κ2) is 5.05. The minimum Gasteiger partial charge on any atom is -0.357 e. The van der Waals surface area contributed by atoms with Crippen LogP contribution in [-0.2, 0) is 7.05 Å². The lowest BCUT2D eigenvalue weighted by Crippen LogP contribution is -2.38. The Hall–Kier alpha value is -1.09. The van der Waals surface area contributed by atoms with Crippen molar-refractivity contribution in [3.05, 3.63) is 24.0 Å². The molecule has 17 heavy (non-hydrogen) atoms. The average molecular weight is 234 g/mol. The number of hydrogen-bond acceptors (Lipinski definition) is 2. The van der Waals surface area contributed by atoms with Crippen molar-refractivity contribution >= 4 is 5.78 Å². The zero-order chi connectivity index (χ0) is 12.4. The van der Waals surface area contributed by atoms with E-state index < -0.39 is 0 Å². The van der Waals surface area contributed by atoms with E-state index >= 15 is 0 Å². The molecular weight excluding hydrogens is 212 g/mol. The molecule has 1 fully saturated rings. The Labute approximate surface area is 103 Å². The van der Waals surface area contributed by atoms with Crippen LogP contribution in [0.2, 0.25) is 0 Å². The summed E-state index contributed by atoms with van der Waals surface area (Å²) in [6.07, 6.45) is 7.44. The van der Waals surface area contributed by atoms with Gasteiger partial charge in [0.2, 0.25) is 0 Å². The van der Waals surface area contributed by atoms with Crippen LogP contribution in [0.25, 0.3) is 0 Å². The molecule has 0 bridgehead atoms. The molecule has 0 aliphatic carbocycles. The maximum Gasteiger partial charge on any atom is 0.178 e. The predicted molar refractivity (Wildman–Crippen MR) is 69.2 cm³/mol. The lowest BCUT2D eigenvalue weighted by molar-refractivity contribution is 0.0889. The molecule has 0 radical (unpaired) electrons. The number of aromatic nitrogens is 1. The topological polar surface area (TPSA) is 25.2 Å². The summed E-state index contributed by atoms with van der Waals surface area (Å²) >= 11 is 0. The molecule has 94 valence electrons. The van der Waals surface area contributed by atoms with Gasteiger partial charge in [0.1, 0.15) is 0 Å². The molecule has 1 aromatic heterocycles. The Morgan fingerprint density at radius 3 is 2.82 bits per heavy atom. The van der Waals surface area contributed by atoms with Crippen LogP contribution in [0.5, 0.6) is 0 Å². The number of nitrogens with zero attached hydrogens (tertiary/aromatic N) is 2. The first kappa shape index (κ1) is 12.4. The van der Waals surface area contributed by atoms with E-state index in [-0.39, 0.29) is 5.78 Å². The van der Waals surface area contributed by atoms with E-state index in [1.54, 1.807) is 0 Å². The van der Waals surface area contributed by atoms with Crippen LogP contribution < -0.4 is 0 Å². The fourth-order valence-corrected chi connectivity index (χ4v) is 2.77. The van der Waals surface area contributed by atoms with Gasteiger partial charge in [0.15, 0.2) is 5.78 Å². The van der Waals surface area contributed by atoms with E-state index in [1.807, 2.05) is 30.1 Å². The second-order valence-electron chi connectivity index (χ2n) is 5.15. The standard InChI is InChI=1S/C14H22N2O/c1-4-13-6-5-11(2)16(13)10-14(17)12-7-8-15(3)9-12/h7-9,11,13H,4-6,10H2,1-3H3. The minimum atomic E-state index is 0.248. The summed E-state index contributed by atoms with van der Waals surface area (Å²) in [5, 5.41) is 0. The average Bonchev–Trinajstić information content (AvgIpc) is 2.87. The maximum absolute atomic E-state index is 12.2. The molecule has 1 saturated heterocycles. The number of hydrogen-bond donors (Lipinski definition) is 0. The van der Waals surface area contributed by atoms with E-state index in [1.165, 1.54) is 12.8 Å². The maximum atomic E-state index is 12.2. The number of aryl methyl sites for hydroxylation is 1. The molecule has 0 spiro atoms. The molecule has 0 amide bonds. The van der Waals surface area contributed by atoms with Gasteiger partial charge in [-0.1, -0.05) is 6.92 Å². The molecule has 2 unspecified atom stereocenters. The van der Waals surface area contributed by atoms with Crippen LogP contribution in [0.3, 0.4) is 0 Å². The molecule has 1 aromatic rings. The van der Waals surface area contributed by atoms with Crippen molar-refractivity contribution in [2.75, 3.05) is 6.54 Å². The highest BCUT2D eigenvalue weighted by molar-refractivity contribution is 5.97. The highest BCUT2D eigenvalue weighted by Gasteiger charge is 2.30. The molecule has 2 heterocycles. The summed E-state index contributed by atoms with van der Waals surface area (Å²) in [5.74, 6) is 0.248. The van der Waals surface area contributed by atoms with Gasteiger partial charge in [0.05, 0.1) is 6.54 Å². The summed E-state index contributed by atoms with van der Waals surface area (Å²) in [6.45, 7) is 5.01. The van der Waals surface area contributed by atoms with Gasteiger partial charge < -0.3 is 4.57 Å². The molecule has 2 rings (SSSR count). The molecule has 0 N–H and O–H groups in total. The van der Waals surface area contributed by atoms with E-state index in [4.69, 9.17) is 0 Å². The molecule has 2 atom stereocenters. The van der Waals surface area contributed by atoms with Gasteiger partial charge in [0.25, 0.3) is 0 Å². The first-order chi connectivity index (χ1) is 8.11. The van der Waals surface area contributed by atoms with Crippen LogP contribution in [0.4, 0.5) is 0 Å². The minimum absolute atomic E-state index is 0.248. The first-order valence-electron chi connectivity index (χ1n) is 6.52. The van der Waals surface area contributed by atoms with E-state index in [0.29, 0.717) is 18.6 Å². The van der Waals surface area contributed by atoms with E-state index in [2.05, 4.69) is 18.7 Å². The summed E-state index contributed by atoms with van der Waals surface area (Å²) in [7, 11) is 1.95. The van der Waals surface area contributed by atoms with Crippen molar-refractivity contribution in [1.29, 1.82) is 0 Å². The van der Waals surface area contributed by atoms with Crippen LogP contribution in [0.15, 0.2) is 18.5 Å². The second-order valence-corrected chi connectivity index (χ2v) is 5.15. The largest absolute Gasteiger partial charge is 0.357 e. The zero-order valence-corrected chi connectivity index (χ0v) is 11.0. The molecule has 0 aromatic carbocycles. The van der Waals surface area contributed by atoms with Gasteiger partial charge in [-0.3, -0.25) is 9.69 Å². The monoisotopic (exact) mass is 234 g/mol. The Morgan fingerprint density at radius 2 is 2.24 bits per heavy atom. The number of rotatable bonds is 4. The lowest BCUT2D eigenvalue weighted by Gasteiger charge is -2.26. The number of ketones is 1. The highest BCUT2D eigenvalue weighted by atomic mass is 16.1. The van der Waals surface area contributed by atoms with Gasteiger partial charge in [-0.2, -0.15) is 0 Å². The number of Topliss-reactive ketones (excluding diaryl/α,β-unsaturated/α-hetero) is 1. The van der Waals surface area contributed by atoms with Crippen LogP contribution in [-0.4, -0.2) is 33.9 Å². The Kier molecular flexibility index (Phi) is 3.67. The van der Waals surface area contributed by atoms with Crippen molar-refractivity contribution in [3.63, 3.8) is 0 Å². The molecular formula is C14H22N2O. The van der Waals surface area contributed by atoms with Crippen LogP contribution in [0, 0.1) is 0 Å². The van der Waals surface area contributed by atoms with Crippen molar-refractivity contribution in [2.24, 2.45) is 7.05 Å². The van der Waals surface area contributed by atoms with Crippen molar-refractivity contribution < 1.29 is 4.79 Å². The van der Waals surface area contributed by atoms with Gasteiger partial charge >= 0.3 is 0 Å². The third-order valence-electron chi connectivity index (χ3n) is 3.90. The Bertz CT molecular complexity index is 397. The highest BCUT2D eigenvalue weighted by Crippen LogP contribution is 2.25. The van der Waals surface area contributed by atoms with Crippen molar-refractivity contribution in [3.8, 4) is 0 Å². The SMILES string of the molecule is CCC1CCC(C)N1CC(=O)c1ccn(C)c1. The third-order valence-corrected chi connectivity index (χ3v) is 3.90. The van der Waals surface area contributed by atoms with Crippen molar-refractivity contribution in [1.82, 2.24) is 9.47 Å². The normalized spacial score (nSPS) is 25.4. The molecule has 3 heteroatoms. The predicted octanol–water partition coefficient (Wildman–Crippen LogP) is 2.47. The van der Waals surface area contributed by atoms with Crippen LogP contribution in [0.1, 0.15) is 43.5 Å². The number of carbonyl (C=O) groups is 1. The van der Waals surface area contributed by atoms with Gasteiger partial charge in [-0.25, -0.2) is 0 Å². The van der Waals surface area contributed by atoms with Crippen LogP contribution >= 0.6 is 0 Å². The summed E-state index contributed by atoms with van der Waals surface area (Å²) in [5.41, 5.74) is 0.835. The summed E-state index contributed by atoms with van der Waals surface area (Å²) in [6, 6.07) is 3.05. The summed E-state index contributed by atoms with van der Waals surface area (Å²) in [4.78, 5) is 14.5. The molecule has 3 nitrogen and oxygen atoms in total. The zero-order valence-electron chi connectivity index (χ0n) is 11.0. The molecule has 1 aliphatic heterocycles.